The molecule has 0 fully saturated rings. The zero-order valence-corrected chi connectivity index (χ0v) is 12.0. The number of nitrogens with zero attached hydrogens (tertiary/aromatic N) is 1. The summed E-state index contributed by atoms with van der Waals surface area (Å²) in [6.45, 7) is 6.74. The fraction of sp³-hybridized carbons (Fsp3) is 0.846. The molecule has 106 valence electrons. The molecule has 0 heterocycles. The van der Waals surface area contributed by atoms with E-state index >= 15 is 0 Å². The summed E-state index contributed by atoms with van der Waals surface area (Å²) < 4.78 is 4.63. The van der Waals surface area contributed by atoms with Crippen LogP contribution in [0.4, 0.5) is 0 Å². The van der Waals surface area contributed by atoms with Crippen LogP contribution in [0.25, 0.3) is 0 Å². The van der Waals surface area contributed by atoms with Crippen LogP contribution in [0, 0.1) is 5.41 Å². The Labute approximate surface area is 110 Å². The third kappa shape index (κ3) is 3.98. The van der Waals surface area contributed by atoms with Crippen LogP contribution in [0.5, 0.6) is 0 Å². The average Bonchev–Trinajstić information content (AvgIpc) is 2.40. The van der Waals surface area contributed by atoms with E-state index in [0.717, 1.165) is 6.42 Å². The second-order valence-corrected chi connectivity index (χ2v) is 4.49. The van der Waals surface area contributed by atoms with Crippen LogP contribution in [0.15, 0.2) is 0 Å². The van der Waals surface area contributed by atoms with Gasteiger partial charge in [-0.15, -0.1) is 0 Å². The van der Waals surface area contributed by atoms with Gasteiger partial charge in [-0.1, -0.05) is 20.8 Å². The smallest absolute Gasteiger partial charge is 0.325 e. The predicted octanol–water partition coefficient (Wildman–Crippen LogP) is 1.16. The number of rotatable bonds is 8. The lowest BCUT2D eigenvalue weighted by Gasteiger charge is -2.34. The quantitative estimate of drug-likeness (QED) is 0.663. The molecule has 1 amide bonds. The number of esters is 1. The van der Waals surface area contributed by atoms with Crippen molar-refractivity contribution in [1.29, 1.82) is 0 Å². The fourth-order valence-corrected chi connectivity index (χ4v) is 2.01. The topological polar surface area (TPSA) is 72.6 Å². The van der Waals surface area contributed by atoms with Crippen molar-refractivity contribution in [2.24, 2.45) is 11.1 Å². The number of hydrogen-bond acceptors (Lipinski definition) is 4. The molecule has 0 aliphatic carbocycles. The molecule has 5 nitrogen and oxygen atoms in total. The minimum atomic E-state index is -0.552. The highest BCUT2D eigenvalue weighted by atomic mass is 16.5. The zero-order valence-electron chi connectivity index (χ0n) is 12.0. The highest BCUT2D eigenvalue weighted by molar-refractivity contribution is 5.86. The van der Waals surface area contributed by atoms with Gasteiger partial charge in [0.2, 0.25) is 5.91 Å². The molecule has 0 bridgehead atoms. The van der Waals surface area contributed by atoms with Crippen LogP contribution < -0.4 is 5.73 Å². The fourth-order valence-electron chi connectivity index (χ4n) is 2.01. The molecule has 0 saturated carbocycles. The summed E-state index contributed by atoms with van der Waals surface area (Å²) in [5.74, 6) is -0.433. The van der Waals surface area contributed by atoms with E-state index in [9.17, 15) is 9.59 Å². The van der Waals surface area contributed by atoms with Gasteiger partial charge >= 0.3 is 5.97 Å². The maximum atomic E-state index is 12.5. The van der Waals surface area contributed by atoms with E-state index in [0.29, 0.717) is 25.9 Å². The Morgan fingerprint density at radius 2 is 1.78 bits per heavy atom. The van der Waals surface area contributed by atoms with Gasteiger partial charge < -0.3 is 15.4 Å². The molecule has 0 unspecified atom stereocenters. The van der Waals surface area contributed by atoms with Crippen molar-refractivity contribution in [2.75, 3.05) is 26.7 Å². The van der Waals surface area contributed by atoms with Crippen molar-refractivity contribution in [3.63, 3.8) is 0 Å². The summed E-state index contributed by atoms with van der Waals surface area (Å²) >= 11 is 0. The molecule has 18 heavy (non-hydrogen) atoms. The third-order valence-electron chi connectivity index (χ3n) is 3.53. The van der Waals surface area contributed by atoms with Crippen molar-refractivity contribution in [3.05, 3.63) is 0 Å². The Balaban J connectivity index is 4.98. The monoisotopic (exact) mass is 258 g/mol. The second-order valence-electron chi connectivity index (χ2n) is 4.49. The van der Waals surface area contributed by atoms with E-state index in [-0.39, 0.29) is 12.5 Å². The summed E-state index contributed by atoms with van der Waals surface area (Å²) in [4.78, 5) is 25.4. The molecule has 0 radical (unpaired) electrons. The predicted molar refractivity (Wildman–Crippen MR) is 71.0 cm³/mol. The Morgan fingerprint density at radius 3 is 2.11 bits per heavy atom. The van der Waals surface area contributed by atoms with Gasteiger partial charge in [-0.05, 0) is 19.3 Å². The van der Waals surface area contributed by atoms with Gasteiger partial charge in [-0.2, -0.15) is 0 Å². The Morgan fingerprint density at radius 1 is 1.22 bits per heavy atom. The Hall–Kier alpha value is -1.10. The molecule has 0 aliphatic rings. The molecule has 0 spiro atoms. The summed E-state index contributed by atoms with van der Waals surface area (Å²) in [5, 5.41) is 0. The standard InChI is InChI=1S/C13H26N2O3/c1-5-8-15(9-11(16)18-4)12(17)13(6-2,7-3)10-14/h5-10,14H2,1-4H3. The lowest BCUT2D eigenvalue weighted by molar-refractivity contribution is -0.151. The van der Waals surface area contributed by atoms with Gasteiger partial charge in [-0.3, -0.25) is 9.59 Å². The van der Waals surface area contributed by atoms with Gasteiger partial charge in [-0.25, -0.2) is 0 Å². The highest BCUT2D eigenvalue weighted by Gasteiger charge is 2.37. The van der Waals surface area contributed by atoms with Crippen molar-refractivity contribution < 1.29 is 14.3 Å². The number of methoxy groups -OCH3 is 1. The number of carbonyl (C=O) groups excluding carboxylic acids is 2. The largest absolute Gasteiger partial charge is 0.468 e. The summed E-state index contributed by atoms with van der Waals surface area (Å²) in [5.41, 5.74) is 5.21. The summed E-state index contributed by atoms with van der Waals surface area (Å²) in [6, 6.07) is 0. The first kappa shape index (κ1) is 16.9. The van der Waals surface area contributed by atoms with Crippen LogP contribution in [0.3, 0.4) is 0 Å². The van der Waals surface area contributed by atoms with Crippen molar-refractivity contribution in [1.82, 2.24) is 4.90 Å². The van der Waals surface area contributed by atoms with Crippen LogP contribution >= 0.6 is 0 Å². The van der Waals surface area contributed by atoms with Gasteiger partial charge in [0.25, 0.3) is 0 Å². The van der Waals surface area contributed by atoms with Crippen LogP contribution in [0.1, 0.15) is 40.0 Å². The molecule has 0 aromatic heterocycles. The molecule has 0 aliphatic heterocycles. The molecular formula is C13H26N2O3. The maximum Gasteiger partial charge on any atom is 0.325 e. The highest BCUT2D eigenvalue weighted by Crippen LogP contribution is 2.27. The van der Waals surface area contributed by atoms with Gasteiger partial charge in [0, 0.05) is 13.1 Å². The van der Waals surface area contributed by atoms with Gasteiger partial charge in [0.05, 0.1) is 12.5 Å². The van der Waals surface area contributed by atoms with E-state index < -0.39 is 11.4 Å². The minimum Gasteiger partial charge on any atom is -0.468 e. The van der Waals surface area contributed by atoms with E-state index in [1.54, 1.807) is 4.90 Å². The van der Waals surface area contributed by atoms with Gasteiger partial charge in [0.15, 0.2) is 0 Å². The normalized spacial score (nSPS) is 11.2. The average molecular weight is 258 g/mol. The van der Waals surface area contributed by atoms with Crippen LogP contribution in [-0.2, 0) is 14.3 Å². The van der Waals surface area contributed by atoms with Crippen LogP contribution in [-0.4, -0.2) is 43.5 Å². The molecule has 0 aromatic rings. The molecule has 0 rings (SSSR count). The lowest BCUT2D eigenvalue weighted by atomic mass is 9.81. The molecule has 0 atom stereocenters. The molecular weight excluding hydrogens is 232 g/mol. The van der Waals surface area contributed by atoms with Crippen molar-refractivity contribution >= 4 is 11.9 Å². The first-order chi connectivity index (χ1) is 8.51. The second kappa shape index (κ2) is 8.08. The van der Waals surface area contributed by atoms with Crippen LogP contribution in [0.2, 0.25) is 0 Å². The van der Waals surface area contributed by atoms with Crippen molar-refractivity contribution in [2.45, 2.75) is 40.0 Å². The van der Waals surface area contributed by atoms with Gasteiger partial charge in [0.1, 0.15) is 6.54 Å². The number of hydrogen-bond donors (Lipinski definition) is 1. The Bertz CT molecular complexity index is 267. The van der Waals surface area contributed by atoms with E-state index in [1.165, 1.54) is 7.11 Å². The summed E-state index contributed by atoms with van der Waals surface area (Å²) in [7, 11) is 1.33. The molecule has 5 heteroatoms. The minimum absolute atomic E-state index is 0.00488. The maximum absolute atomic E-state index is 12.5. The first-order valence-corrected chi connectivity index (χ1v) is 6.57. The first-order valence-electron chi connectivity index (χ1n) is 6.57. The van der Waals surface area contributed by atoms with E-state index in [2.05, 4.69) is 4.74 Å². The number of ether oxygens (including phenoxy) is 1. The molecule has 0 aromatic carbocycles. The number of carbonyl (C=O) groups is 2. The van der Waals surface area contributed by atoms with Crippen molar-refractivity contribution in [3.8, 4) is 0 Å². The van der Waals surface area contributed by atoms with E-state index in [1.807, 2.05) is 20.8 Å². The molecule has 2 N–H and O–H groups in total. The Kier molecular flexibility index (Phi) is 7.59. The summed E-state index contributed by atoms with van der Waals surface area (Å²) in [6.07, 6.45) is 2.16. The number of nitrogens with two attached hydrogens (primary N) is 1. The third-order valence-corrected chi connectivity index (χ3v) is 3.53. The lowest BCUT2D eigenvalue weighted by Crippen LogP contribution is -2.49. The molecule has 0 saturated heterocycles. The SMILES string of the molecule is CCCN(CC(=O)OC)C(=O)C(CC)(CC)CN. The zero-order chi connectivity index (χ0) is 14.2. The number of amides is 1. The van der Waals surface area contributed by atoms with E-state index in [4.69, 9.17) is 5.73 Å².